The maximum absolute atomic E-state index is 4.85. The Labute approximate surface area is 163 Å². The van der Waals surface area contributed by atoms with E-state index < -0.39 is 0 Å². The first-order chi connectivity index (χ1) is 13.1. The number of pyridine rings is 1. The lowest BCUT2D eigenvalue weighted by Crippen LogP contribution is -2.29. The zero-order valence-electron chi connectivity index (χ0n) is 17.2. The molecule has 0 fully saturated rings. The van der Waals surface area contributed by atoms with E-state index in [9.17, 15) is 0 Å². The zero-order chi connectivity index (χ0) is 19.2. The lowest BCUT2D eigenvalue weighted by molar-refractivity contribution is 0.290. The lowest BCUT2D eigenvalue weighted by atomic mass is 9.97. The zero-order valence-corrected chi connectivity index (χ0v) is 17.2. The Balaban J connectivity index is 1.89. The second-order valence-electron chi connectivity index (χ2n) is 7.69. The fourth-order valence-corrected chi connectivity index (χ4v) is 3.83. The van der Waals surface area contributed by atoms with Crippen LogP contribution in [0, 0.1) is 5.92 Å². The van der Waals surface area contributed by atoms with Crippen LogP contribution in [0.1, 0.15) is 40.5 Å². The van der Waals surface area contributed by atoms with Crippen LogP contribution in [0.3, 0.4) is 0 Å². The predicted molar refractivity (Wildman–Crippen MR) is 119 cm³/mol. The van der Waals surface area contributed by atoms with E-state index in [2.05, 4.69) is 86.4 Å². The average Bonchev–Trinajstić information content (AvgIpc) is 2.69. The van der Waals surface area contributed by atoms with Gasteiger partial charge in [0.25, 0.3) is 0 Å². The van der Waals surface area contributed by atoms with Crippen LogP contribution in [0.15, 0.2) is 48.5 Å². The van der Waals surface area contributed by atoms with Crippen LogP contribution in [0.25, 0.3) is 21.8 Å². The molecule has 1 unspecified atom stereocenters. The summed E-state index contributed by atoms with van der Waals surface area (Å²) in [6.45, 7) is 12.6. The van der Waals surface area contributed by atoms with E-state index in [1.54, 1.807) is 0 Å². The van der Waals surface area contributed by atoms with Crippen molar-refractivity contribution < 1.29 is 0 Å². The third-order valence-electron chi connectivity index (χ3n) is 5.61. The van der Waals surface area contributed by atoms with Crippen molar-refractivity contribution in [2.24, 2.45) is 5.92 Å². The van der Waals surface area contributed by atoms with E-state index in [1.165, 1.54) is 35.8 Å². The van der Waals surface area contributed by atoms with Crippen molar-refractivity contribution in [1.82, 2.24) is 9.88 Å². The van der Waals surface area contributed by atoms with Crippen LogP contribution >= 0.6 is 0 Å². The Kier molecular flexibility index (Phi) is 6.68. The number of anilines is 1. The van der Waals surface area contributed by atoms with Crippen molar-refractivity contribution in [3.8, 4) is 0 Å². The molecule has 3 aromatic rings. The fourth-order valence-electron chi connectivity index (χ4n) is 3.83. The van der Waals surface area contributed by atoms with Gasteiger partial charge >= 0.3 is 0 Å². The molecule has 0 aliphatic carbocycles. The summed E-state index contributed by atoms with van der Waals surface area (Å²) in [6.07, 6.45) is 2.40. The van der Waals surface area contributed by atoms with Gasteiger partial charge in [0.1, 0.15) is 0 Å². The highest BCUT2D eigenvalue weighted by atomic mass is 15.1. The van der Waals surface area contributed by atoms with Gasteiger partial charge in [-0.1, -0.05) is 64.1 Å². The van der Waals surface area contributed by atoms with Gasteiger partial charge in [0.05, 0.1) is 16.7 Å². The minimum atomic E-state index is 0.453. The smallest absolute Gasteiger partial charge is 0.0730 e. The van der Waals surface area contributed by atoms with E-state index in [-0.39, 0.29) is 0 Å². The molecule has 0 spiro atoms. The van der Waals surface area contributed by atoms with Crippen molar-refractivity contribution in [1.29, 1.82) is 0 Å². The number of fused-ring (bicyclic) bond motifs is 2. The van der Waals surface area contributed by atoms with Gasteiger partial charge in [-0.25, -0.2) is 4.98 Å². The summed E-state index contributed by atoms with van der Waals surface area (Å²) in [5, 5.41) is 6.34. The van der Waals surface area contributed by atoms with Crippen LogP contribution in [0.4, 0.5) is 5.69 Å². The van der Waals surface area contributed by atoms with E-state index >= 15 is 0 Å². The fraction of sp³-hybridized carbons (Fsp3) is 0.458. The van der Waals surface area contributed by atoms with E-state index in [1.807, 2.05) is 0 Å². The van der Waals surface area contributed by atoms with Gasteiger partial charge in [-0.3, -0.25) is 0 Å². The molecule has 0 aliphatic rings. The molecule has 1 heterocycles. The number of hydrogen-bond donors (Lipinski definition) is 1. The molecule has 27 heavy (non-hydrogen) atoms. The first-order valence-corrected chi connectivity index (χ1v) is 10.4. The Hall–Kier alpha value is -2.13. The molecule has 0 aliphatic heterocycles. The summed E-state index contributed by atoms with van der Waals surface area (Å²) >= 11 is 0. The second-order valence-corrected chi connectivity index (χ2v) is 7.69. The molecular weight excluding hydrogens is 330 g/mol. The summed E-state index contributed by atoms with van der Waals surface area (Å²) in [6, 6.07) is 17.4. The normalized spacial score (nSPS) is 13.0. The molecule has 1 N–H and O–H groups in total. The number of nitrogens with one attached hydrogen (secondary N) is 1. The second kappa shape index (κ2) is 9.18. The molecule has 0 saturated carbocycles. The highest BCUT2D eigenvalue weighted by molar-refractivity contribution is 6.07. The van der Waals surface area contributed by atoms with Crippen molar-refractivity contribution in [2.45, 2.75) is 46.6 Å². The maximum Gasteiger partial charge on any atom is 0.0730 e. The van der Waals surface area contributed by atoms with Crippen LogP contribution in [0.2, 0.25) is 0 Å². The Morgan fingerprint density at radius 2 is 1.44 bits per heavy atom. The van der Waals surface area contributed by atoms with Gasteiger partial charge in [-0.05, 0) is 50.5 Å². The van der Waals surface area contributed by atoms with Crippen molar-refractivity contribution in [3.63, 3.8) is 0 Å². The number of hydrogen-bond acceptors (Lipinski definition) is 3. The van der Waals surface area contributed by atoms with E-state index in [0.717, 1.165) is 24.1 Å². The minimum Gasteiger partial charge on any atom is -0.381 e. The van der Waals surface area contributed by atoms with Crippen LogP contribution in [0.5, 0.6) is 0 Å². The number of nitrogens with zero attached hydrogens (tertiary/aromatic N) is 2. The van der Waals surface area contributed by atoms with Gasteiger partial charge in [0.2, 0.25) is 0 Å². The molecule has 144 valence electrons. The van der Waals surface area contributed by atoms with E-state index in [4.69, 9.17) is 4.98 Å². The van der Waals surface area contributed by atoms with Crippen LogP contribution in [-0.4, -0.2) is 35.6 Å². The number of para-hydroxylation sites is 2. The molecular formula is C24H33N3. The summed E-state index contributed by atoms with van der Waals surface area (Å²) < 4.78 is 0. The van der Waals surface area contributed by atoms with Gasteiger partial charge in [-0.2, -0.15) is 0 Å². The monoisotopic (exact) mass is 363 g/mol. The topological polar surface area (TPSA) is 28.2 Å². The minimum absolute atomic E-state index is 0.453. The quantitative estimate of drug-likeness (QED) is 0.476. The molecule has 0 saturated heterocycles. The third-order valence-corrected chi connectivity index (χ3v) is 5.61. The Bertz CT molecular complexity index is 814. The Morgan fingerprint density at radius 1 is 0.889 bits per heavy atom. The SMILES string of the molecule is CCN(CC)CCCC(Nc1c2ccccc2nc2ccccc12)C(C)C. The molecule has 3 nitrogen and oxygen atoms in total. The van der Waals surface area contributed by atoms with Crippen molar-refractivity contribution >= 4 is 27.5 Å². The van der Waals surface area contributed by atoms with Gasteiger partial charge < -0.3 is 10.2 Å². The van der Waals surface area contributed by atoms with Gasteiger partial charge in [0.15, 0.2) is 0 Å². The largest absolute Gasteiger partial charge is 0.381 e. The molecule has 0 radical (unpaired) electrons. The van der Waals surface area contributed by atoms with Gasteiger partial charge in [0, 0.05) is 16.8 Å². The number of benzene rings is 2. The first-order valence-electron chi connectivity index (χ1n) is 10.4. The first kappa shape index (κ1) is 19.6. The van der Waals surface area contributed by atoms with E-state index in [0.29, 0.717) is 12.0 Å². The molecule has 2 aromatic carbocycles. The molecule has 3 rings (SSSR count). The molecule has 1 aromatic heterocycles. The van der Waals surface area contributed by atoms with Crippen LogP contribution < -0.4 is 5.32 Å². The lowest BCUT2D eigenvalue weighted by Gasteiger charge is -2.27. The summed E-state index contributed by atoms with van der Waals surface area (Å²) in [4.78, 5) is 7.36. The predicted octanol–water partition coefficient (Wildman–Crippen LogP) is 5.95. The third kappa shape index (κ3) is 4.59. The average molecular weight is 364 g/mol. The summed E-state index contributed by atoms with van der Waals surface area (Å²) in [5.41, 5.74) is 3.35. The number of aromatic nitrogens is 1. The standard InChI is InChI=1S/C24H33N3/c1-5-27(6-2)17-11-16-21(18(3)4)26-24-19-12-7-9-14-22(19)25-23-15-10-8-13-20(23)24/h7-10,12-15,18,21H,5-6,11,16-17H2,1-4H3,(H,25,26). The highest BCUT2D eigenvalue weighted by Crippen LogP contribution is 2.32. The van der Waals surface area contributed by atoms with Crippen molar-refractivity contribution in [3.05, 3.63) is 48.5 Å². The molecule has 0 bridgehead atoms. The molecule has 1 atom stereocenters. The van der Waals surface area contributed by atoms with Crippen LogP contribution in [-0.2, 0) is 0 Å². The molecule has 0 amide bonds. The van der Waals surface area contributed by atoms with Gasteiger partial charge in [-0.15, -0.1) is 0 Å². The molecule has 3 heteroatoms. The summed E-state index contributed by atoms with van der Waals surface area (Å²) in [7, 11) is 0. The highest BCUT2D eigenvalue weighted by Gasteiger charge is 2.17. The Morgan fingerprint density at radius 3 is 1.96 bits per heavy atom. The summed E-state index contributed by atoms with van der Waals surface area (Å²) in [5.74, 6) is 0.576. The van der Waals surface area contributed by atoms with Crippen molar-refractivity contribution in [2.75, 3.05) is 25.0 Å². The maximum atomic E-state index is 4.85. The number of rotatable bonds is 9.